The number of thiocarbonyl (C=S) groups is 1. The zero-order valence-electron chi connectivity index (χ0n) is 12.4. The van der Waals surface area contributed by atoms with E-state index in [2.05, 4.69) is 4.90 Å². The minimum atomic E-state index is -0.286. The van der Waals surface area contributed by atoms with E-state index in [0.717, 1.165) is 45.4 Å². The summed E-state index contributed by atoms with van der Waals surface area (Å²) in [4.78, 5) is 17.1. The van der Waals surface area contributed by atoms with Crippen LogP contribution in [-0.2, 0) is 9.53 Å². The first-order chi connectivity index (χ1) is 9.43. The number of nitrogens with zero attached hydrogens (tertiary/aromatic N) is 2. The van der Waals surface area contributed by atoms with Gasteiger partial charge in [-0.2, -0.15) is 0 Å². The van der Waals surface area contributed by atoms with E-state index in [1.165, 1.54) is 0 Å². The fourth-order valence-electron chi connectivity index (χ4n) is 2.78. The molecule has 1 atom stereocenters. The number of carbonyl (C=O) groups excluding carboxylic acids is 1. The molecule has 1 unspecified atom stereocenters. The fourth-order valence-corrected chi connectivity index (χ4v) is 2.91. The zero-order valence-corrected chi connectivity index (χ0v) is 13.2. The van der Waals surface area contributed by atoms with Gasteiger partial charge in [0, 0.05) is 32.8 Å². The molecule has 0 aromatic rings. The van der Waals surface area contributed by atoms with Crippen molar-refractivity contribution < 1.29 is 9.53 Å². The van der Waals surface area contributed by atoms with E-state index in [1.807, 2.05) is 18.7 Å². The van der Waals surface area contributed by atoms with Crippen molar-refractivity contribution in [2.75, 3.05) is 32.8 Å². The van der Waals surface area contributed by atoms with Gasteiger partial charge in [0.2, 0.25) is 0 Å². The molecule has 114 valence electrons. The Bertz CT molecular complexity index is 373. The van der Waals surface area contributed by atoms with Gasteiger partial charge in [0.15, 0.2) is 0 Å². The molecule has 5 nitrogen and oxygen atoms in total. The van der Waals surface area contributed by atoms with Gasteiger partial charge < -0.3 is 15.4 Å². The summed E-state index contributed by atoms with van der Waals surface area (Å²) in [6, 6.07) is 0. The molecule has 0 saturated carbocycles. The molecule has 2 saturated heterocycles. The summed E-state index contributed by atoms with van der Waals surface area (Å²) in [7, 11) is 0. The highest BCUT2D eigenvalue weighted by Gasteiger charge is 2.35. The highest BCUT2D eigenvalue weighted by atomic mass is 32.1. The predicted octanol–water partition coefficient (Wildman–Crippen LogP) is 0.764. The van der Waals surface area contributed by atoms with E-state index in [-0.39, 0.29) is 17.6 Å². The number of piperazine rings is 1. The third-order valence-corrected chi connectivity index (χ3v) is 4.94. The Kier molecular flexibility index (Phi) is 4.99. The predicted molar refractivity (Wildman–Crippen MR) is 82.6 cm³/mol. The smallest absolute Gasteiger partial charge is 0.251 e. The number of hydrogen-bond donors (Lipinski definition) is 1. The summed E-state index contributed by atoms with van der Waals surface area (Å²) >= 11 is 5.13. The van der Waals surface area contributed by atoms with Crippen molar-refractivity contribution in [2.24, 2.45) is 5.73 Å². The second-order valence-corrected chi connectivity index (χ2v) is 6.53. The molecule has 2 N–H and O–H groups in total. The lowest BCUT2D eigenvalue weighted by Crippen LogP contribution is -2.60. The lowest BCUT2D eigenvalue weighted by Gasteiger charge is -2.44. The highest BCUT2D eigenvalue weighted by Crippen LogP contribution is 2.20. The summed E-state index contributed by atoms with van der Waals surface area (Å²) in [6.07, 6.45) is 2.79. The molecule has 0 aromatic carbocycles. The van der Waals surface area contributed by atoms with Crippen LogP contribution < -0.4 is 5.73 Å². The number of hydrogen-bond acceptors (Lipinski definition) is 4. The number of nitrogens with two attached hydrogens (primary N) is 1. The van der Waals surface area contributed by atoms with E-state index in [4.69, 9.17) is 22.7 Å². The molecule has 0 aromatic heterocycles. The molecule has 0 aliphatic carbocycles. The molecule has 2 fully saturated rings. The van der Waals surface area contributed by atoms with Crippen molar-refractivity contribution in [2.45, 2.75) is 44.8 Å². The highest BCUT2D eigenvalue weighted by molar-refractivity contribution is 7.80. The van der Waals surface area contributed by atoms with E-state index in [0.29, 0.717) is 11.6 Å². The number of amides is 1. The van der Waals surface area contributed by atoms with Gasteiger partial charge in [-0.25, -0.2) is 0 Å². The van der Waals surface area contributed by atoms with Crippen LogP contribution in [0.1, 0.15) is 33.1 Å². The second-order valence-electron chi connectivity index (χ2n) is 6.09. The van der Waals surface area contributed by atoms with Crippen LogP contribution in [0.25, 0.3) is 0 Å². The van der Waals surface area contributed by atoms with E-state index < -0.39 is 0 Å². The molecular weight excluding hydrogens is 274 g/mol. The van der Waals surface area contributed by atoms with Crippen LogP contribution in [0.5, 0.6) is 0 Å². The first-order valence-electron chi connectivity index (χ1n) is 7.38. The van der Waals surface area contributed by atoms with Gasteiger partial charge in [0.1, 0.15) is 6.10 Å². The third-order valence-electron chi connectivity index (χ3n) is 4.44. The average Bonchev–Trinajstić information content (AvgIpc) is 2.47. The molecule has 0 bridgehead atoms. The Morgan fingerprint density at radius 1 is 1.25 bits per heavy atom. The molecule has 1 amide bonds. The fraction of sp³-hybridized carbons (Fsp3) is 0.857. The van der Waals surface area contributed by atoms with Crippen molar-refractivity contribution in [3.63, 3.8) is 0 Å². The van der Waals surface area contributed by atoms with Crippen molar-refractivity contribution in [1.29, 1.82) is 0 Å². The van der Waals surface area contributed by atoms with Crippen LogP contribution in [0.3, 0.4) is 0 Å². The molecule has 2 aliphatic heterocycles. The van der Waals surface area contributed by atoms with Gasteiger partial charge in [-0.1, -0.05) is 12.2 Å². The number of carbonyl (C=O) groups is 1. The molecule has 2 aliphatic rings. The third kappa shape index (κ3) is 3.30. The van der Waals surface area contributed by atoms with Crippen LogP contribution in [0.4, 0.5) is 0 Å². The lowest BCUT2D eigenvalue weighted by molar-refractivity contribution is -0.148. The van der Waals surface area contributed by atoms with Crippen molar-refractivity contribution in [3.05, 3.63) is 0 Å². The maximum atomic E-state index is 12.4. The minimum absolute atomic E-state index is 0.150. The molecule has 0 radical (unpaired) electrons. The van der Waals surface area contributed by atoms with Crippen LogP contribution in [0.15, 0.2) is 0 Å². The maximum absolute atomic E-state index is 12.4. The number of ether oxygens (including phenoxy) is 1. The van der Waals surface area contributed by atoms with Gasteiger partial charge in [-0.15, -0.1) is 0 Å². The molecule has 0 spiro atoms. The van der Waals surface area contributed by atoms with Gasteiger partial charge in [-0.05, 0) is 33.1 Å². The van der Waals surface area contributed by atoms with E-state index in [9.17, 15) is 4.79 Å². The SMILES string of the molecule is CC(C)(C(N)=S)N1CCN(C(=O)C2CCCCO2)CC1. The van der Waals surface area contributed by atoms with Crippen molar-refractivity contribution in [1.82, 2.24) is 9.80 Å². The van der Waals surface area contributed by atoms with Gasteiger partial charge in [0.25, 0.3) is 5.91 Å². The van der Waals surface area contributed by atoms with Gasteiger partial charge >= 0.3 is 0 Å². The first-order valence-corrected chi connectivity index (χ1v) is 7.79. The average molecular weight is 299 g/mol. The lowest BCUT2D eigenvalue weighted by atomic mass is 10.0. The second kappa shape index (κ2) is 6.37. The molecule has 20 heavy (non-hydrogen) atoms. The molecular formula is C14H25N3O2S. The van der Waals surface area contributed by atoms with Gasteiger partial charge in [0.05, 0.1) is 10.5 Å². The Hall–Kier alpha value is -0.720. The Labute approximate surface area is 126 Å². The van der Waals surface area contributed by atoms with Crippen LogP contribution in [0, 0.1) is 0 Å². The standard InChI is InChI=1S/C14H25N3O2S/c1-14(2,13(15)20)17-8-6-16(7-9-17)12(18)11-5-3-4-10-19-11/h11H,3-10H2,1-2H3,(H2,15,20). The topological polar surface area (TPSA) is 58.8 Å². The first kappa shape index (κ1) is 15.7. The van der Waals surface area contributed by atoms with E-state index >= 15 is 0 Å². The minimum Gasteiger partial charge on any atom is -0.392 e. The largest absolute Gasteiger partial charge is 0.392 e. The summed E-state index contributed by atoms with van der Waals surface area (Å²) in [6.45, 7) is 7.86. The summed E-state index contributed by atoms with van der Waals surface area (Å²) in [5.74, 6) is 0.150. The molecule has 2 heterocycles. The summed E-state index contributed by atoms with van der Waals surface area (Å²) in [5.41, 5.74) is 5.52. The monoisotopic (exact) mass is 299 g/mol. The van der Waals surface area contributed by atoms with Crippen LogP contribution in [0.2, 0.25) is 0 Å². The molecule has 6 heteroatoms. The Morgan fingerprint density at radius 3 is 2.40 bits per heavy atom. The van der Waals surface area contributed by atoms with Crippen molar-refractivity contribution in [3.8, 4) is 0 Å². The Balaban J connectivity index is 1.87. The maximum Gasteiger partial charge on any atom is 0.251 e. The summed E-state index contributed by atoms with van der Waals surface area (Å²) < 4.78 is 5.58. The van der Waals surface area contributed by atoms with Gasteiger partial charge in [-0.3, -0.25) is 9.69 Å². The van der Waals surface area contributed by atoms with Crippen LogP contribution >= 0.6 is 12.2 Å². The normalized spacial score (nSPS) is 25.5. The molecule has 2 rings (SSSR count). The van der Waals surface area contributed by atoms with Crippen molar-refractivity contribution >= 4 is 23.1 Å². The zero-order chi connectivity index (χ0) is 14.8. The Morgan fingerprint density at radius 2 is 1.90 bits per heavy atom. The quantitative estimate of drug-likeness (QED) is 0.780. The summed E-state index contributed by atoms with van der Waals surface area (Å²) in [5, 5.41) is 0. The van der Waals surface area contributed by atoms with Crippen LogP contribution in [-0.4, -0.2) is 65.1 Å². The van der Waals surface area contributed by atoms with E-state index in [1.54, 1.807) is 0 Å². The number of rotatable bonds is 3.